The van der Waals surface area contributed by atoms with Crippen LogP contribution in [-0.4, -0.2) is 21.5 Å². The number of halogens is 2. The van der Waals surface area contributed by atoms with Crippen molar-refractivity contribution in [2.24, 2.45) is 0 Å². The smallest absolute Gasteiger partial charge is 0.243 e. The summed E-state index contributed by atoms with van der Waals surface area (Å²) in [7, 11) is -2.27. The minimum absolute atomic E-state index is 0.197. The van der Waals surface area contributed by atoms with Crippen molar-refractivity contribution in [2.75, 3.05) is 7.05 Å². The first kappa shape index (κ1) is 18.4. The highest BCUT2D eigenvalue weighted by molar-refractivity contribution is 7.89. The molecule has 0 aromatic heterocycles. The average Bonchev–Trinajstić information content (AvgIpc) is 2.39. The first-order valence-corrected chi connectivity index (χ1v) is 8.82. The van der Waals surface area contributed by atoms with Gasteiger partial charge in [0.2, 0.25) is 10.0 Å². The third-order valence-corrected chi connectivity index (χ3v) is 4.89. The second-order valence-electron chi connectivity index (χ2n) is 5.07. The lowest BCUT2D eigenvalue weighted by Gasteiger charge is -2.15. The molecule has 0 aliphatic heterocycles. The van der Waals surface area contributed by atoms with Crippen LogP contribution in [0.25, 0.3) is 0 Å². The van der Waals surface area contributed by atoms with Crippen molar-refractivity contribution < 1.29 is 12.8 Å². The van der Waals surface area contributed by atoms with Crippen LogP contribution in [0.4, 0.5) is 4.39 Å². The monoisotopic (exact) mass is 336 g/mol. The molecular weight excluding hydrogens is 315 g/mol. The fourth-order valence-electron chi connectivity index (χ4n) is 2.03. The summed E-state index contributed by atoms with van der Waals surface area (Å²) in [5.74, 6) is -0.760. The maximum absolute atomic E-state index is 14.3. The summed E-state index contributed by atoms with van der Waals surface area (Å²) in [6.45, 7) is 4.01. The molecule has 0 bridgehead atoms. The summed E-state index contributed by atoms with van der Waals surface area (Å²) in [5.41, 5.74) is 0.228. The zero-order valence-electron chi connectivity index (χ0n) is 12.5. The van der Waals surface area contributed by atoms with Crippen molar-refractivity contribution in [2.45, 2.75) is 50.6 Å². The molecule has 1 unspecified atom stereocenters. The van der Waals surface area contributed by atoms with Gasteiger partial charge in [0.15, 0.2) is 0 Å². The highest BCUT2D eigenvalue weighted by Gasteiger charge is 2.23. The van der Waals surface area contributed by atoms with E-state index >= 15 is 0 Å². The molecule has 21 heavy (non-hydrogen) atoms. The van der Waals surface area contributed by atoms with Gasteiger partial charge in [-0.2, -0.15) is 0 Å². The van der Waals surface area contributed by atoms with Gasteiger partial charge in [0.1, 0.15) is 10.7 Å². The number of rotatable bonds is 8. The van der Waals surface area contributed by atoms with Gasteiger partial charge in [0.25, 0.3) is 0 Å². The molecule has 1 aromatic rings. The van der Waals surface area contributed by atoms with E-state index in [-0.39, 0.29) is 23.2 Å². The Labute approximate surface area is 131 Å². The molecule has 0 aliphatic rings. The largest absolute Gasteiger partial charge is 0.316 e. The van der Waals surface area contributed by atoms with Crippen molar-refractivity contribution in [1.29, 1.82) is 0 Å². The van der Waals surface area contributed by atoms with Gasteiger partial charge in [0.05, 0.1) is 0 Å². The van der Waals surface area contributed by atoms with Crippen molar-refractivity contribution in [3.05, 3.63) is 28.5 Å². The molecule has 2 N–H and O–H groups in total. The maximum atomic E-state index is 14.3. The summed E-state index contributed by atoms with van der Waals surface area (Å²) in [5, 5.41) is 2.98. The number of nitrogens with one attached hydrogen (secondary N) is 2. The minimum atomic E-state index is -3.92. The highest BCUT2D eigenvalue weighted by Crippen LogP contribution is 2.24. The molecule has 1 rings (SSSR count). The van der Waals surface area contributed by atoms with E-state index in [4.69, 9.17) is 11.6 Å². The number of benzene rings is 1. The molecule has 1 aromatic carbocycles. The number of hydrogen-bond acceptors (Lipinski definition) is 3. The molecule has 0 amide bonds. The van der Waals surface area contributed by atoms with Crippen LogP contribution in [0.3, 0.4) is 0 Å². The molecule has 7 heteroatoms. The van der Waals surface area contributed by atoms with Gasteiger partial charge in [-0.1, -0.05) is 31.4 Å². The Kier molecular flexibility index (Phi) is 7.06. The van der Waals surface area contributed by atoms with E-state index in [0.29, 0.717) is 6.42 Å². The van der Waals surface area contributed by atoms with Crippen LogP contribution in [0.15, 0.2) is 17.0 Å². The fraction of sp³-hybridized carbons (Fsp3) is 0.571. The normalized spacial score (nSPS) is 13.4. The topological polar surface area (TPSA) is 58.2 Å². The van der Waals surface area contributed by atoms with Gasteiger partial charge < -0.3 is 5.32 Å². The van der Waals surface area contributed by atoms with Gasteiger partial charge in [-0.15, -0.1) is 0 Å². The highest BCUT2D eigenvalue weighted by atomic mass is 35.5. The van der Waals surface area contributed by atoms with E-state index in [0.717, 1.165) is 18.9 Å². The Bertz CT molecular complexity index is 579. The molecule has 0 fully saturated rings. The second-order valence-corrected chi connectivity index (χ2v) is 7.19. The standard InChI is InChI=1S/C14H22ClFN2O2S/c1-4-5-6-10(2)18-21(19,20)13-8-12(15)7-11(9-17-3)14(13)16/h7-8,10,17-18H,4-6,9H2,1-3H3. The van der Waals surface area contributed by atoms with E-state index < -0.39 is 20.7 Å². The lowest BCUT2D eigenvalue weighted by molar-refractivity contribution is 0.520. The van der Waals surface area contributed by atoms with E-state index in [1.54, 1.807) is 14.0 Å². The van der Waals surface area contributed by atoms with Crippen LogP contribution >= 0.6 is 11.6 Å². The van der Waals surface area contributed by atoms with Gasteiger partial charge in [-0.05, 0) is 32.5 Å². The Morgan fingerprint density at radius 2 is 2.05 bits per heavy atom. The predicted molar refractivity (Wildman–Crippen MR) is 83.5 cm³/mol. The Morgan fingerprint density at radius 1 is 1.38 bits per heavy atom. The number of hydrogen-bond donors (Lipinski definition) is 2. The molecule has 0 saturated carbocycles. The Morgan fingerprint density at radius 3 is 2.62 bits per heavy atom. The Hall–Kier alpha value is -0.690. The third kappa shape index (κ3) is 5.21. The van der Waals surface area contributed by atoms with Crippen LogP contribution in [0, 0.1) is 5.82 Å². The molecule has 4 nitrogen and oxygen atoms in total. The van der Waals surface area contributed by atoms with Crippen molar-refractivity contribution in [3.63, 3.8) is 0 Å². The quantitative estimate of drug-likeness (QED) is 0.767. The predicted octanol–water partition coefficient (Wildman–Crippen LogP) is 3.06. The molecular formula is C14H22ClFN2O2S. The van der Waals surface area contributed by atoms with Crippen LogP contribution < -0.4 is 10.0 Å². The van der Waals surface area contributed by atoms with Crippen molar-refractivity contribution in [3.8, 4) is 0 Å². The minimum Gasteiger partial charge on any atom is -0.316 e. The first-order valence-electron chi connectivity index (χ1n) is 6.96. The first-order chi connectivity index (χ1) is 9.81. The SMILES string of the molecule is CCCCC(C)NS(=O)(=O)c1cc(Cl)cc(CNC)c1F. The summed E-state index contributed by atoms with van der Waals surface area (Å²) < 4.78 is 41.4. The summed E-state index contributed by atoms with van der Waals surface area (Å²) >= 11 is 5.90. The van der Waals surface area contributed by atoms with Crippen molar-refractivity contribution in [1.82, 2.24) is 10.0 Å². The van der Waals surface area contributed by atoms with Crippen LogP contribution in [0.2, 0.25) is 5.02 Å². The molecule has 1 atom stereocenters. The summed E-state index contributed by atoms with van der Waals surface area (Å²) in [6, 6.07) is 2.32. The van der Waals surface area contributed by atoms with E-state index in [2.05, 4.69) is 10.0 Å². The maximum Gasteiger partial charge on any atom is 0.243 e. The van der Waals surface area contributed by atoms with E-state index in [1.807, 2.05) is 6.92 Å². The lowest BCUT2D eigenvalue weighted by atomic mass is 10.2. The Balaban J connectivity index is 3.07. The van der Waals surface area contributed by atoms with Crippen molar-refractivity contribution >= 4 is 21.6 Å². The average molecular weight is 337 g/mol. The van der Waals surface area contributed by atoms with Crippen LogP contribution in [0.5, 0.6) is 0 Å². The zero-order valence-corrected chi connectivity index (χ0v) is 14.1. The van der Waals surface area contributed by atoms with E-state index in [9.17, 15) is 12.8 Å². The lowest BCUT2D eigenvalue weighted by Crippen LogP contribution is -2.33. The molecule has 0 aliphatic carbocycles. The van der Waals surface area contributed by atoms with Crippen LogP contribution in [-0.2, 0) is 16.6 Å². The van der Waals surface area contributed by atoms with Crippen LogP contribution in [0.1, 0.15) is 38.7 Å². The van der Waals surface area contributed by atoms with E-state index in [1.165, 1.54) is 6.07 Å². The van der Waals surface area contributed by atoms with Gasteiger partial charge in [0, 0.05) is 23.2 Å². The summed E-state index contributed by atoms with van der Waals surface area (Å²) in [6.07, 6.45) is 2.60. The second kappa shape index (κ2) is 8.08. The fourth-order valence-corrected chi connectivity index (χ4v) is 3.76. The van der Waals surface area contributed by atoms with Gasteiger partial charge >= 0.3 is 0 Å². The third-order valence-electron chi connectivity index (χ3n) is 3.08. The number of unbranched alkanes of at least 4 members (excludes halogenated alkanes) is 1. The number of sulfonamides is 1. The summed E-state index contributed by atoms with van der Waals surface area (Å²) in [4.78, 5) is -0.399. The van der Waals surface area contributed by atoms with Gasteiger partial charge in [-0.25, -0.2) is 17.5 Å². The molecule has 0 radical (unpaired) electrons. The molecule has 0 spiro atoms. The zero-order chi connectivity index (χ0) is 16.0. The molecule has 0 heterocycles. The molecule has 120 valence electrons. The molecule has 0 saturated heterocycles. The van der Waals surface area contributed by atoms with Gasteiger partial charge in [-0.3, -0.25) is 0 Å².